The molecule has 1 fully saturated rings. The van der Waals surface area contributed by atoms with Crippen molar-refractivity contribution in [3.05, 3.63) is 65.7 Å². The van der Waals surface area contributed by atoms with Gasteiger partial charge >= 0.3 is 5.97 Å². The third-order valence-electron chi connectivity index (χ3n) is 5.33. The van der Waals surface area contributed by atoms with Crippen molar-refractivity contribution in [2.45, 2.75) is 55.0 Å². The highest BCUT2D eigenvalue weighted by Crippen LogP contribution is 2.33. The summed E-state index contributed by atoms with van der Waals surface area (Å²) in [6, 6.07) is 17.0. The Morgan fingerprint density at radius 3 is 2.28 bits per heavy atom. The van der Waals surface area contributed by atoms with Crippen molar-refractivity contribution in [3.8, 4) is 5.75 Å². The summed E-state index contributed by atoms with van der Waals surface area (Å²) in [5.41, 5.74) is 1.83. The third kappa shape index (κ3) is 8.80. The Kier molecular flexibility index (Phi) is 10.7. The van der Waals surface area contributed by atoms with E-state index in [1.807, 2.05) is 54.6 Å². The van der Waals surface area contributed by atoms with Gasteiger partial charge in [-0.25, -0.2) is 0 Å². The number of carbonyl (C=O) groups is 1. The zero-order chi connectivity index (χ0) is 26.1. The minimum absolute atomic E-state index is 0.0350. The summed E-state index contributed by atoms with van der Waals surface area (Å²) in [4.78, 5) is 11.4. The number of alkyl halides is 3. The van der Waals surface area contributed by atoms with Crippen molar-refractivity contribution < 1.29 is 33.2 Å². The molecule has 2 aromatic rings. The molecule has 0 bridgehead atoms. The van der Waals surface area contributed by atoms with Crippen LogP contribution >= 0.6 is 34.8 Å². The quantitative estimate of drug-likeness (QED) is 0.184. The maximum atomic E-state index is 11.4. The molecule has 0 amide bonds. The summed E-state index contributed by atoms with van der Waals surface area (Å²) in [6.45, 7) is 1.76. The van der Waals surface area contributed by atoms with Gasteiger partial charge in [-0.2, -0.15) is 0 Å². The molecule has 4 atom stereocenters. The maximum Gasteiger partial charge on any atom is 0.302 e. The fourth-order valence-electron chi connectivity index (χ4n) is 3.53. The molecule has 0 aliphatic carbocycles. The van der Waals surface area contributed by atoms with Gasteiger partial charge in [0.2, 0.25) is 12.2 Å². The molecular formula is C25H28Cl3NO7. The predicted molar refractivity (Wildman–Crippen MR) is 136 cm³/mol. The second-order valence-corrected chi connectivity index (χ2v) is 10.3. The highest BCUT2D eigenvalue weighted by Gasteiger charge is 2.44. The molecule has 0 saturated carbocycles. The van der Waals surface area contributed by atoms with E-state index in [0.717, 1.165) is 16.9 Å². The standard InChI is InChI=1S/C25H28Cl3NO7/c1-16(30)32-15-20-12-21(33-13-17-6-4-3-5-7-17)22(23(35-20)36-24(29)25(26,27)28)34-14-18-8-10-19(31-2)11-9-18/h3-11,20-23,29H,12-15H2,1-2H3/t20?,21-,22?,23?/m1/s1. The Balaban J connectivity index is 1.81. The number of methoxy groups -OCH3 is 1. The molecule has 1 aliphatic heterocycles. The number of hydrogen-bond acceptors (Lipinski definition) is 8. The van der Waals surface area contributed by atoms with Crippen LogP contribution in [0.3, 0.4) is 0 Å². The number of ether oxygens (including phenoxy) is 6. The molecule has 2 aromatic carbocycles. The number of carbonyl (C=O) groups excluding carboxylic acids is 1. The predicted octanol–water partition coefficient (Wildman–Crippen LogP) is 5.21. The van der Waals surface area contributed by atoms with Crippen LogP contribution in [0.1, 0.15) is 24.5 Å². The average molecular weight is 561 g/mol. The van der Waals surface area contributed by atoms with E-state index in [9.17, 15) is 4.79 Å². The number of nitrogens with one attached hydrogen (secondary N) is 1. The van der Waals surface area contributed by atoms with Crippen molar-refractivity contribution in [3.63, 3.8) is 0 Å². The van der Waals surface area contributed by atoms with Crippen molar-refractivity contribution in [1.29, 1.82) is 5.41 Å². The van der Waals surface area contributed by atoms with E-state index in [1.165, 1.54) is 6.92 Å². The molecule has 0 aromatic heterocycles. The van der Waals surface area contributed by atoms with Crippen LogP contribution in [-0.2, 0) is 41.7 Å². The summed E-state index contributed by atoms with van der Waals surface area (Å²) in [5, 5.41) is 8.05. The first kappa shape index (κ1) is 28.5. The molecule has 196 valence electrons. The van der Waals surface area contributed by atoms with E-state index in [0.29, 0.717) is 13.0 Å². The van der Waals surface area contributed by atoms with Gasteiger partial charge in [-0.1, -0.05) is 77.3 Å². The maximum absolute atomic E-state index is 11.4. The molecule has 8 nitrogen and oxygen atoms in total. The zero-order valence-corrected chi connectivity index (χ0v) is 22.1. The Morgan fingerprint density at radius 1 is 1.03 bits per heavy atom. The van der Waals surface area contributed by atoms with Gasteiger partial charge in [-0.05, 0) is 23.3 Å². The summed E-state index contributed by atoms with van der Waals surface area (Å²) in [5.74, 6) is -0.371. The highest BCUT2D eigenvalue weighted by molar-refractivity contribution is 6.76. The summed E-state index contributed by atoms with van der Waals surface area (Å²) in [6.07, 6.45) is -2.76. The van der Waals surface area contributed by atoms with Crippen LogP contribution in [0.15, 0.2) is 54.6 Å². The fraction of sp³-hybridized carbons (Fsp3) is 0.440. The molecule has 1 saturated heterocycles. The minimum Gasteiger partial charge on any atom is -0.497 e. The van der Waals surface area contributed by atoms with Crippen LogP contribution in [0, 0.1) is 5.41 Å². The lowest BCUT2D eigenvalue weighted by molar-refractivity contribution is -0.271. The van der Waals surface area contributed by atoms with Crippen LogP contribution in [0.25, 0.3) is 0 Å². The first-order valence-electron chi connectivity index (χ1n) is 11.2. The van der Waals surface area contributed by atoms with Gasteiger partial charge in [-0.3, -0.25) is 10.2 Å². The lowest BCUT2D eigenvalue weighted by Crippen LogP contribution is -2.54. The fourth-order valence-corrected chi connectivity index (χ4v) is 3.66. The van der Waals surface area contributed by atoms with Gasteiger partial charge < -0.3 is 28.4 Å². The van der Waals surface area contributed by atoms with E-state index in [-0.39, 0.29) is 13.2 Å². The van der Waals surface area contributed by atoms with Crippen LogP contribution in [0.5, 0.6) is 5.75 Å². The lowest BCUT2D eigenvalue weighted by atomic mass is 10.0. The lowest BCUT2D eigenvalue weighted by Gasteiger charge is -2.41. The van der Waals surface area contributed by atoms with Crippen LogP contribution in [-0.4, -0.2) is 54.0 Å². The van der Waals surface area contributed by atoms with Gasteiger partial charge in [0.15, 0.2) is 0 Å². The van der Waals surface area contributed by atoms with Gasteiger partial charge in [0.25, 0.3) is 3.79 Å². The Bertz CT molecular complexity index is 985. The third-order valence-corrected chi connectivity index (χ3v) is 5.84. The van der Waals surface area contributed by atoms with Gasteiger partial charge in [0.05, 0.1) is 32.5 Å². The Morgan fingerprint density at radius 2 is 1.67 bits per heavy atom. The second kappa shape index (κ2) is 13.5. The Labute approximate surface area is 225 Å². The zero-order valence-electron chi connectivity index (χ0n) is 19.8. The van der Waals surface area contributed by atoms with E-state index in [1.54, 1.807) is 7.11 Å². The molecule has 0 radical (unpaired) electrons. The van der Waals surface area contributed by atoms with Crippen molar-refractivity contribution >= 4 is 46.7 Å². The molecular weight excluding hydrogens is 533 g/mol. The topological polar surface area (TPSA) is 96.3 Å². The first-order chi connectivity index (χ1) is 17.2. The molecule has 11 heteroatoms. The molecule has 3 unspecified atom stereocenters. The van der Waals surface area contributed by atoms with Crippen LogP contribution < -0.4 is 4.74 Å². The molecule has 3 rings (SSSR count). The van der Waals surface area contributed by atoms with E-state index in [4.69, 9.17) is 68.6 Å². The number of hydrogen-bond donors (Lipinski definition) is 1. The first-order valence-corrected chi connectivity index (χ1v) is 12.3. The molecule has 1 aliphatic rings. The number of halogens is 3. The Hall–Kier alpha value is -2.07. The van der Waals surface area contributed by atoms with Crippen molar-refractivity contribution in [2.24, 2.45) is 0 Å². The van der Waals surface area contributed by atoms with Crippen LogP contribution in [0.4, 0.5) is 0 Å². The molecule has 1 N–H and O–H groups in total. The summed E-state index contributed by atoms with van der Waals surface area (Å²) < 4.78 is 32.3. The number of esters is 1. The van der Waals surface area contributed by atoms with Crippen molar-refractivity contribution in [1.82, 2.24) is 0 Å². The smallest absolute Gasteiger partial charge is 0.302 e. The highest BCUT2D eigenvalue weighted by atomic mass is 35.6. The molecule has 1 heterocycles. The average Bonchev–Trinajstić information content (AvgIpc) is 2.85. The van der Waals surface area contributed by atoms with Gasteiger partial charge in [0, 0.05) is 13.3 Å². The monoisotopic (exact) mass is 559 g/mol. The largest absolute Gasteiger partial charge is 0.497 e. The minimum atomic E-state index is -2.10. The number of rotatable bonds is 10. The van der Waals surface area contributed by atoms with Crippen LogP contribution in [0.2, 0.25) is 0 Å². The second-order valence-electron chi connectivity index (χ2n) is 8.07. The number of benzene rings is 2. The normalized spacial score (nSPS) is 22.0. The van der Waals surface area contributed by atoms with Gasteiger partial charge in [0.1, 0.15) is 18.5 Å². The van der Waals surface area contributed by atoms with Crippen molar-refractivity contribution in [2.75, 3.05) is 13.7 Å². The van der Waals surface area contributed by atoms with E-state index >= 15 is 0 Å². The summed E-state index contributed by atoms with van der Waals surface area (Å²) >= 11 is 17.5. The SMILES string of the molecule is COc1ccc(COC2C(OC(=N)C(Cl)(Cl)Cl)OC(COC(C)=O)C[C@H]2OCc2ccccc2)cc1. The van der Waals surface area contributed by atoms with Gasteiger partial charge in [-0.15, -0.1) is 0 Å². The molecule has 36 heavy (non-hydrogen) atoms. The summed E-state index contributed by atoms with van der Waals surface area (Å²) in [7, 11) is 1.59. The molecule has 0 spiro atoms. The van der Waals surface area contributed by atoms with E-state index < -0.39 is 40.3 Å². The van der Waals surface area contributed by atoms with E-state index in [2.05, 4.69) is 0 Å².